The first-order chi connectivity index (χ1) is 9.11. The van der Waals surface area contributed by atoms with E-state index in [0.717, 1.165) is 0 Å². The van der Waals surface area contributed by atoms with Crippen molar-refractivity contribution < 1.29 is 9.90 Å². The van der Waals surface area contributed by atoms with E-state index < -0.39 is 5.97 Å². The number of aromatic carboxylic acids is 1. The van der Waals surface area contributed by atoms with Gasteiger partial charge in [0.1, 0.15) is 4.88 Å². The molecule has 1 aromatic carbocycles. The van der Waals surface area contributed by atoms with Gasteiger partial charge in [0, 0.05) is 6.54 Å². The Labute approximate surface area is 118 Å². The maximum atomic E-state index is 11.0. The quantitative estimate of drug-likeness (QED) is 0.903. The molecule has 4 nitrogen and oxygen atoms in total. The van der Waals surface area contributed by atoms with Crippen LogP contribution in [0.5, 0.6) is 0 Å². The minimum atomic E-state index is -0.941. The van der Waals surface area contributed by atoms with Gasteiger partial charge in [-0.25, -0.2) is 4.79 Å². The Bertz CT molecular complexity index is 661. The smallest absolute Gasteiger partial charge is 0.346 e. The topological polar surface area (TPSA) is 73.1 Å². The van der Waals surface area contributed by atoms with Crippen molar-refractivity contribution in [2.24, 2.45) is 0 Å². The Hall–Kier alpha value is -2.03. The van der Waals surface area contributed by atoms with Gasteiger partial charge in [0.15, 0.2) is 0 Å². The van der Waals surface area contributed by atoms with E-state index in [1.807, 2.05) is 6.07 Å². The average Bonchev–Trinajstić information content (AvgIpc) is 2.86. The molecule has 0 amide bonds. The van der Waals surface area contributed by atoms with Crippen molar-refractivity contribution >= 4 is 34.6 Å². The predicted molar refractivity (Wildman–Crippen MR) is 74.8 cm³/mol. The SMILES string of the molecule is N#Cc1ccc(Cl)c(NCc2ccsc2C(=O)O)c1. The summed E-state index contributed by atoms with van der Waals surface area (Å²) in [6.45, 7) is 0.347. The van der Waals surface area contributed by atoms with Crippen LogP contribution in [0.1, 0.15) is 20.8 Å². The number of hydrogen-bond acceptors (Lipinski definition) is 4. The van der Waals surface area contributed by atoms with E-state index in [9.17, 15) is 4.79 Å². The molecule has 0 radical (unpaired) electrons. The molecule has 1 heterocycles. The van der Waals surface area contributed by atoms with E-state index in [4.69, 9.17) is 22.0 Å². The minimum Gasteiger partial charge on any atom is -0.477 e. The van der Waals surface area contributed by atoms with Crippen LogP contribution in [0.3, 0.4) is 0 Å². The van der Waals surface area contributed by atoms with Gasteiger partial charge in [-0.15, -0.1) is 11.3 Å². The van der Waals surface area contributed by atoms with Crippen molar-refractivity contribution in [3.8, 4) is 6.07 Å². The first-order valence-corrected chi connectivity index (χ1v) is 6.60. The molecule has 0 saturated carbocycles. The maximum absolute atomic E-state index is 11.0. The lowest BCUT2D eigenvalue weighted by Gasteiger charge is -2.08. The zero-order valence-corrected chi connectivity index (χ0v) is 11.3. The Balaban J connectivity index is 2.17. The molecule has 1 aromatic heterocycles. The number of nitrogens with zero attached hydrogens (tertiary/aromatic N) is 1. The van der Waals surface area contributed by atoms with Crippen molar-refractivity contribution in [2.75, 3.05) is 5.32 Å². The van der Waals surface area contributed by atoms with Gasteiger partial charge in [-0.05, 0) is 35.2 Å². The molecule has 2 N–H and O–H groups in total. The van der Waals surface area contributed by atoms with Gasteiger partial charge in [-0.3, -0.25) is 0 Å². The van der Waals surface area contributed by atoms with E-state index in [-0.39, 0.29) is 0 Å². The Morgan fingerprint density at radius 3 is 2.95 bits per heavy atom. The number of rotatable bonds is 4. The van der Waals surface area contributed by atoms with Crippen LogP contribution in [0.15, 0.2) is 29.6 Å². The fourth-order valence-corrected chi connectivity index (χ4v) is 2.53. The highest BCUT2D eigenvalue weighted by atomic mass is 35.5. The molecule has 0 aliphatic carbocycles. The van der Waals surface area contributed by atoms with Crippen molar-refractivity contribution in [3.63, 3.8) is 0 Å². The predicted octanol–water partition coefficient (Wildman–Crippen LogP) is 3.58. The van der Waals surface area contributed by atoms with Crippen molar-refractivity contribution in [1.82, 2.24) is 0 Å². The molecule has 0 aliphatic rings. The highest BCUT2D eigenvalue weighted by molar-refractivity contribution is 7.12. The third-order valence-corrected chi connectivity index (χ3v) is 3.78. The molecule has 0 aliphatic heterocycles. The summed E-state index contributed by atoms with van der Waals surface area (Å²) in [4.78, 5) is 11.3. The molecule has 2 aromatic rings. The third-order valence-electron chi connectivity index (χ3n) is 2.51. The van der Waals surface area contributed by atoms with Gasteiger partial charge in [0.05, 0.1) is 22.3 Å². The summed E-state index contributed by atoms with van der Waals surface area (Å²) >= 11 is 7.19. The summed E-state index contributed by atoms with van der Waals surface area (Å²) in [5, 5.41) is 23.1. The minimum absolute atomic E-state index is 0.306. The van der Waals surface area contributed by atoms with Crippen LogP contribution in [0.4, 0.5) is 5.69 Å². The number of hydrogen-bond donors (Lipinski definition) is 2. The number of carboxylic acid groups (broad SMARTS) is 1. The first kappa shape index (κ1) is 13.4. The average molecular weight is 293 g/mol. The molecular weight excluding hydrogens is 284 g/mol. The number of nitriles is 1. The standard InChI is InChI=1S/C13H9ClN2O2S/c14-10-2-1-8(6-15)5-11(10)16-7-9-3-4-19-12(9)13(17)18/h1-5,16H,7H2,(H,17,18). The van der Waals surface area contributed by atoms with E-state index in [2.05, 4.69) is 5.32 Å². The summed E-state index contributed by atoms with van der Waals surface area (Å²) < 4.78 is 0. The monoisotopic (exact) mass is 292 g/mol. The fourth-order valence-electron chi connectivity index (χ4n) is 1.58. The Kier molecular flexibility index (Phi) is 4.05. The van der Waals surface area contributed by atoms with E-state index >= 15 is 0 Å². The van der Waals surface area contributed by atoms with Crippen LogP contribution in [0.2, 0.25) is 5.02 Å². The van der Waals surface area contributed by atoms with Gasteiger partial charge in [-0.2, -0.15) is 5.26 Å². The van der Waals surface area contributed by atoms with Crippen LogP contribution in [-0.2, 0) is 6.54 Å². The second-order valence-corrected chi connectivity index (χ2v) is 5.06. The van der Waals surface area contributed by atoms with Crippen LogP contribution >= 0.6 is 22.9 Å². The number of benzene rings is 1. The number of thiophene rings is 1. The first-order valence-electron chi connectivity index (χ1n) is 5.35. The van der Waals surface area contributed by atoms with E-state index in [1.165, 1.54) is 11.3 Å². The Morgan fingerprint density at radius 1 is 1.47 bits per heavy atom. The van der Waals surface area contributed by atoms with Gasteiger partial charge in [0.25, 0.3) is 0 Å². The molecule has 6 heteroatoms. The molecule has 96 valence electrons. The lowest BCUT2D eigenvalue weighted by Crippen LogP contribution is -2.04. The maximum Gasteiger partial charge on any atom is 0.346 e. The van der Waals surface area contributed by atoms with E-state index in [0.29, 0.717) is 33.3 Å². The molecule has 0 saturated heterocycles. The molecule has 0 atom stereocenters. The van der Waals surface area contributed by atoms with Gasteiger partial charge < -0.3 is 10.4 Å². The zero-order chi connectivity index (χ0) is 13.8. The van der Waals surface area contributed by atoms with Crippen LogP contribution < -0.4 is 5.32 Å². The lowest BCUT2D eigenvalue weighted by atomic mass is 10.2. The van der Waals surface area contributed by atoms with Gasteiger partial charge in [-0.1, -0.05) is 11.6 Å². The lowest BCUT2D eigenvalue weighted by molar-refractivity contribution is 0.0701. The summed E-state index contributed by atoms with van der Waals surface area (Å²) in [6, 6.07) is 8.67. The highest BCUT2D eigenvalue weighted by Crippen LogP contribution is 2.24. The summed E-state index contributed by atoms with van der Waals surface area (Å²) in [6.07, 6.45) is 0. The number of nitrogens with one attached hydrogen (secondary N) is 1. The molecule has 0 bridgehead atoms. The van der Waals surface area contributed by atoms with Crippen LogP contribution in [0, 0.1) is 11.3 Å². The molecule has 0 fully saturated rings. The summed E-state index contributed by atoms with van der Waals surface area (Å²) in [7, 11) is 0. The second-order valence-electron chi connectivity index (χ2n) is 3.74. The third kappa shape index (κ3) is 3.05. The normalized spacial score (nSPS) is 9.89. The van der Waals surface area contributed by atoms with E-state index in [1.54, 1.807) is 29.6 Å². The highest BCUT2D eigenvalue weighted by Gasteiger charge is 2.11. The molecule has 0 spiro atoms. The Morgan fingerprint density at radius 2 is 2.26 bits per heavy atom. The largest absolute Gasteiger partial charge is 0.477 e. The van der Waals surface area contributed by atoms with Gasteiger partial charge >= 0.3 is 5.97 Å². The molecule has 0 unspecified atom stereocenters. The summed E-state index contributed by atoms with van der Waals surface area (Å²) in [5.74, 6) is -0.941. The number of halogens is 1. The number of carboxylic acids is 1. The van der Waals surface area contributed by atoms with Gasteiger partial charge in [0.2, 0.25) is 0 Å². The van der Waals surface area contributed by atoms with Crippen molar-refractivity contribution in [1.29, 1.82) is 5.26 Å². The van der Waals surface area contributed by atoms with Crippen molar-refractivity contribution in [3.05, 3.63) is 50.7 Å². The van der Waals surface area contributed by atoms with Crippen LogP contribution in [-0.4, -0.2) is 11.1 Å². The van der Waals surface area contributed by atoms with Crippen molar-refractivity contribution in [2.45, 2.75) is 6.54 Å². The zero-order valence-electron chi connectivity index (χ0n) is 9.68. The van der Waals surface area contributed by atoms with Crippen LogP contribution in [0.25, 0.3) is 0 Å². The molecule has 2 rings (SSSR count). The number of anilines is 1. The fraction of sp³-hybridized carbons (Fsp3) is 0.0769. The number of carbonyl (C=O) groups is 1. The second kappa shape index (κ2) is 5.74. The molecular formula is C13H9ClN2O2S. The molecule has 19 heavy (non-hydrogen) atoms. The summed E-state index contributed by atoms with van der Waals surface area (Å²) in [5.41, 5.74) is 1.80.